The summed E-state index contributed by atoms with van der Waals surface area (Å²) in [6, 6.07) is 5.82. The number of benzene rings is 1. The van der Waals surface area contributed by atoms with Crippen LogP contribution in [-0.4, -0.2) is 37.5 Å². The fraction of sp³-hybridized carbons (Fsp3) is 0.619. The maximum absolute atomic E-state index is 12.7. The molecule has 2 spiro atoms. The summed E-state index contributed by atoms with van der Waals surface area (Å²) in [6.07, 6.45) is 3.04. The van der Waals surface area contributed by atoms with E-state index in [9.17, 15) is 13.2 Å². The molecule has 8 heteroatoms. The van der Waals surface area contributed by atoms with Crippen molar-refractivity contribution in [2.45, 2.75) is 63.8 Å². The minimum atomic E-state index is -2.76. The molecule has 158 valence electrons. The number of rotatable bonds is 6. The smallest absolute Gasteiger partial charge is 0.345 e. The van der Waals surface area contributed by atoms with Crippen molar-refractivity contribution in [3.05, 3.63) is 29.3 Å². The molecule has 1 atom stereocenters. The highest BCUT2D eigenvalue weighted by Gasteiger charge is 2.60. The van der Waals surface area contributed by atoms with Gasteiger partial charge in [0, 0.05) is 17.4 Å². The highest BCUT2D eigenvalue weighted by atomic mass is 19.3. The second-order valence-electron chi connectivity index (χ2n) is 8.13. The number of amidine groups is 1. The van der Waals surface area contributed by atoms with Gasteiger partial charge in [0.15, 0.2) is 5.66 Å². The van der Waals surface area contributed by atoms with Crippen LogP contribution in [0.4, 0.5) is 13.2 Å². The van der Waals surface area contributed by atoms with Crippen molar-refractivity contribution in [3.8, 4) is 5.75 Å². The normalized spacial score (nSPS) is 30.7. The van der Waals surface area contributed by atoms with Gasteiger partial charge < -0.3 is 15.2 Å². The molecule has 2 aliphatic carbocycles. The maximum Gasteiger partial charge on any atom is 0.345 e. The van der Waals surface area contributed by atoms with Crippen molar-refractivity contribution in [2.75, 3.05) is 13.3 Å². The molecule has 1 fully saturated rings. The Bertz CT molecular complexity index is 814. The van der Waals surface area contributed by atoms with Gasteiger partial charge in [-0.2, -0.15) is 8.78 Å². The Morgan fingerprint density at radius 2 is 2.00 bits per heavy atom. The lowest BCUT2D eigenvalue weighted by Crippen LogP contribution is -2.43. The number of hydrogen-bond acceptors (Lipinski definition) is 5. The van der Waals surface area contributed by atoms with E-state index in [1.165, 1.54) is 0 Å². The molecule has 2 N–H and O–H groups in total. The van der Waals surface area contributed by atoms with Crippen LogP contribution < -0.4 is 10.5 Å². The van der Waals surface area contributed by atoms with Crippen molar-refractivity contribution in [3.63, 3.8) is 0 Å². The Balaban J connectivity index is 1.68. The number of ether oxygens (including phenoxy) is 2. The fourth-order valence-corrected chi connectivity index (χ4v) is 5.03. The van der Waals surface area contributed by atoms with Crippen molar-refractivity contribution >= 4 is 11.5 Å². The van der Waals surface area contributed by atoms with E-state index in [0.29, 0.717) is 56.0 Å². The molecule has 1 saturated carbocycles. The van der Waals surface area contributed by atoms with Crippen LogP contribution >= 0.6 is 0 Å². The minimum Gasteiger partial charge on any atom is -0.493 e. The third-order valence-electron chi connectivity index (χ3n) is 6.44. The van der Waals surface area contributed by atoms with Gasteiger partial charge in [0.05, 0.1) is 25.1 Å². The molecule has 1 aromatic carbocycles. The lowest BCUT2D eigenvalue weighted by atomic mass is 9.65. The van der Waals surface area contributed by atoms with E-state index < -0.39 is 25.1 Å². The summed E-state index contributed by atoms with van der Waals surface area (Å²) in [6.45, 7) is -1.04. The fourth-order valence-electron chi connectivity index (χ4n) is 5.03. The topological polar surface area (TPSA) is 69.2 Å². The zero-order chi connectivity index (χ0) is 20.6. The van der Waals surface area contributed by atoms with Crippen LogP contribution in [-0.2, 0) is 16.8 Å². The highest BCUT2D eigenvalue weighted by Crippen LogP contribution is 2.62. The van der Waals surface area contributed by atoms with Gasteiger partial charge in [-0.05, 0) is 56.7 Å². The van der Waals surface area contributed by atoms with E-state index in [2.05, 4.69) is 0 Å². The van der Waals surface area contributed by atoms with Crippen LogP contribution in [0.15, 0.2) is 28.2 Å². The zero-order valence-electron chi connectivity index (χ0n) is 16.5. The zero-order valence-corrected chi connectivity index (χ0v) is 16.5. The molecule has 1 heterocycles. The number of aliphatic imine (C=N–C) groups is 2. The van der Waals surface area contributed by atoms with E-state index in [1.54, 1.807) is 0 Å². The maximum atomic E-state index is 12.7. The second kappa shape index (κ2) is 7.63. The van der Waals surface area contributed by atoms with Gasteiger partial charge in [-0.15, -0.1) is 0 Å². The van der Waals surface area contributed by atoms with E-state index in [4.69, 9.17) is 25.2 Å². The first-order chi connectivity index (χ1) is 13.9. The van der Waals surface area contributed by atoms with Gasteiger partial charge in [0.2, 0.25) is 0 Å². The summed E-state index contributed by atoms with van der Waals surface area (Å²) in [5.74, 6) is 1.06. The van der Waals surface area contributed by atoms with Gasteiger partial charge >= 0.3 is 6.61 Å². The average Bonchev–Trinajstić information content (AvgIpc) is 3.12. The molecular formula is C21H26F3N3O2. The number of fused-ring (bicyclic) bond motifs is 3. The molecular weight excluding hydrogens is 383 g/mol. The van der Waals surface area contributed by atoms with E-state index in [1.807, 2.05) is 25.1 Å². The molecule has 1 aliphatic heterocycles. The van der Waals surface area contributed by atoms with Crippen molar-refractivity contribution < 1.29 is 22.6 Å². The standard InChI is InChI=1S/C21H26F3N3O2/c1-13-18(25)27-21(26-13)17-11-16(28-10-2-9-22)4-3-14(17)12-20(21)7-5-15(6-8-20)29-19(23)24/h3-4,11,15,19H,2,5-10,12H2,1H3,(H2,25,27)/t15-,20-,21-/m1/s1. The van der Waals surface area contributed by atoms with Crippen LogP contribution in [0.3, 0.4) is 0 Å². The molecule has 0 amide bonds. The number of alkyl halides is 3. The first-order valence-corrected chi connectivity index (χ1v) is 10.1. The van der Waals surface area contributed by atoms with Gasteiger partial charge in [0.1, 0.15) is 11.6 Å². The molecule has 0 aromatic heterocycles. The molecule has 29 heavy (non-hydrogen) atoms. The van der Waals surface area contributed by atoms with E-state index in [-0.39, 0.29) is 5.41 Å². The van der Waals surface area contributed by atoms with Gasteiger partial charge in [-0.3, -0.25) is 9.38 Å². The first-order valence-electron chi connectivity index (χ1n) is 10.1. The molecule has 0 saturated heterocycles. The summed E-state index contributed by atoms with van der Waals surface area (Å²) >= 11 is 0. The Labute approximate surface area is 168 Å². The third kappa shape index (κ3) is 3.41. The van der Waals surface area contributed by atoms with Crippen molar-refractivity contribution in [1.29, 1.82) is 0 Å². The van der Waals surface area contributed by atoms with Gasteiger partial charge in [0.25, 0.3) is 0 Å². The van der Waals surface area contributed by atoms with E-state index in [0.717, 1.165) is 17.5 Å². The summed E-state index contributed by atoms with van der Waals surface area (Å²) in [5, 5.41) is 0. The lowest BCUT2D eigenvalue weighted by Gasteiger charge is -2.44. The summed E-state index contributed by atoms with van der Waals surface area (Å²) in [7, 11) is 0. The summed E-state index contributed by atoms with van der Waals surface area (Å²) in [4.78, 5) is 9.75. The molecule has 3 aliphatic rings. The average molecular weight is 409 g/mol. The predicted molar refractivity (Wildman–Crippen MR) is 104 cm³/mol. The van der Waals surface area contributed by atoms with Crippen LogP contribution in [0, 0.1) is 5.41 Å². The summed E-state index contributed by atoms with van der Waals surface area (Å²) in [5.41, 5.74) is 7.71. The molecule has 0 unspecified atom stereocenters. The van der Waals surface area contributed by atoms with Crippen LogP contribution in [0.1, 0.15) is 50.2 Å². The van der Waals surface area contributed by atoms with Crippen molar-refractivity contribution in [2.24, 2.45) is 21.1 Å². The highest BCUT2D eigenvalue weighted by molar-refractivity contribution is 6.41. The Morgan fingerprint density at radius 1 is 1.24 bits per heavy atom. The Morgan fingerprint density at radius 3 is 2.62 bits per heavy atom. The van der Waals surface area contributed by atoms with Crippen molar-refractivity contribution in [1.82, 2.24) is 0 Å². The molecule has 0 radical (unpaired) electrons. The molecule has 1 aromatic rings. The minimum absolute atomic E-state index is 0.299. The van der Waals surface area contributed by atoms with Crippen LogP contribution in [0.5, 0.6) is 5.75 Å². The lowest BCUT2D eigenvalue weighted by molar-refractivity contribution is -0.177. The number of nitrogens with zero attached hydrogens (tertiary/aromatic N) is 2. The monoisotopic (exact) mass is 409 g/mol. The number of halogens is 3. The van der Waals surface area contributed by atoms with Crippen LogP contribution in [0.25, 0.3) is 0 Å². The Kier molecular flexibility index (Phi) is 5.31. The van der Waals surface area contributed by atoms with Crippen LogP contribution in [0.2, 0.25) is 0 Å². The first kappa shape index (κ1) is 20.2. The molecule has 0 bridgehead atoms. The molecule has 5 nitrogen and oxygen atoms in total. The van der Waals surface area contributed by atoms with Gasteiger partial charge in [-0.25, -0.2) is 4.99 Å². The molecule has 4 rings (SSSR count). The second-order valence-corrected chi connectivity index (χ2v) is 8.13. The predicted octanol–water partition coefficient (Wildman–Crippen LogP) is 4.13. The quantitative estimate of drug-likeness (QED) is 0.718. The number of nitrogens with two attached hydrogens (primary N) is 1. The van der Waals surface area contributed by atoms with Gasteiger partial charge in [-0.1, -0.05) is 6.07 Å². The number of hydrogen-bond donors (Lipinski definition) is 1. The van der Waals surface area contributed by atoms with E-state index >= 15 is 0 Å². The largest absolute Gasteiger partial charge is 0.493 e. The summed E-state index contributed by atoms with van der Waals surface area (Å²) < 4.78 is 48.2. The Hall–Kier alpha value is -2.09. The third-order valence-corrected chi connectivity index (χ3v) is 6.44. The SMILES string of the molecule is CC1=N[C@@]2(N=C1N)c1cc(OCCCF)ccc1C[C@]21CC[C@@H](OC(F)F)CC1.